The zero-order valence-electron chi connectivity index (χ0n) is 8.87. The van der Waals surface area contributed by atoms with Crippen LogP contribution < -0.4 is 4.74 Å². The summed E-state index contributed by atoms with van der Waals surface area (Å²) in [5.41, 5.74) is -1.24. The van der Waals surface area contributed by atoms with Crippen LogP contribution in [0.25, 0.3) is 0 Å². The van der Waals surface area contributed by atoms with Gasteiger partial charge in [0.15, 0.2) is 12.9 Å². The predicted octanol–water partition coefficient (Wildman–Crippen LogP) is 2.30. The van der Waals surface area contributed by atoms with Crippen LogP contribution in [0.4, 0.5) is 17.6 Å². The van der Waals surface area contributed by atoms with Gasteiger partial charge in [0, 0.05) is 6.54 Å². The maximum Gasteiger partial charge on any atom is 0.283 e. The van der Waals surface area contributed by atoms with Gasteiger partial charge in [0.25, 0.3) is 12.9 Å². The fourth-order valence-corrected chi connectivity index (χ4v) is 1.26. The molecular weight excluding hydrogens is 244 g/mol. The molecule has 0 spiro atoms. The van der Waals surface area contributed by atoms with Crippen LogP contribution in [-0.2, 0) is 6.54 Å². The van der Waals surface area contributed by atoms with Gasteiger partial charge < -0.3 is 4.74 Å². The molecule has 1 rings (SSSR count). The van der Waals surface area contributed by atoms with Gasteiger partial charge in [0.1, 0.15) is 11.3 Å². The van der Waals surface area contributed by atoms with Crippen LogP contribution in [0.2, 0.25) is 0 Å². The van der Waals surface area contributed by atoms with E-state index in [0.29, 0.717) is 0 Å². The minimum atomic E-state index is -2.96. The molecule has 96 valence electrons. The Morgan fingerprint density at radius 3 is 2.47 bits per heavy atom. The molecule has 0 atom stereocenters. The van der Waals surface area contributed by atoms with Crippen molar-refractivity contribution in [2.45, 2.75) is 26.3 Å². The van der Waals surface area contributed by atoms with E-state index in [9.17, 15) is 22.4 Å². The maximum absolute atomic E-state index is 12.5. The Hall–Kier alpha value is -1.60. The monoisotopic (exact) mass is 254 g/mol. The highest BCUT2D eigenvalue weighted by molar-refractivity contribution is 5.80. The SMILES string of the molecule is CCn1nc(C(F)F)c(C=O)c1OCC(F)F. The molecule has 0 N–H and O–H groups in total. The Labute approximate surface area is 94.2 Å². The molecule has 0 aliphatic heterocycles. The number of carbonyl (C=O) groups is 1. The summed E-state index contributed by atoms with van der Waals surface area (Å²) in [4.78, 5) is 10.7. The molecule has 0 amide bonds. The Bertz CT molecular complexity index is 393. The number of rotatable bonds is 6. The van der Waals surface area contributed by atoms with Crippen LogP contribution in [0.1, 0.15) is 29.4 Å². The van der Waals surface area contributed by atoms with E-state index in [0.717, 1.165) is 4.68 Å². The molecule has 0 aliphatic rings. The second kappa shape index (κ2) is 5.65. The summed E-state index contributed by atoms with van der Waals surface area (Å²) in [5.74, 6) is -0.349. The van der Waals surface area contributed by atoms with Crippen molar-refractivity contribution in [2.24, 2.45) is 0 Å². The lowest BCUT2D eigenvalue weighted by atomic mass is 10.2. The third kappa shape index (κ3) is 2.95. The first-order valence-corrected chi connectivity index (χ1v) is 4.76. The largest absolute Gasteiger partial charge is 0.471 e. The number of aryl methyl sites for hydroxylation is 1. The van der Waals surface area contributed by atoms with E-state index in [4.69, 9.17) is 0 Å². The standard InChI is InChI=1S/C9H10F4N2O2/c1-2-15-9(17-4-6(10)11)5(3-16)7(14-15)8(12)13/h3,6,8H,2,4H2,1H3. The van der Waals surface area contributed by atoms with E-state index in [1.165, 1.54) is 0 Å². The van der Waals surface area contributed by atoms with Gasteiger partial charge in [-0.05, 0) is 6.92 Å². The number of aromatic nitrogens is 2. The molecule has 0 bridgehead atoms. The van der Waals surface area contributed by atoms with Crippen molar-refractivity contribution in [3.8, 4) is 5.88 Å². The van der Waals surface area contributed by atoms with Gasteiger partial charge in [-0.1, -0.05) is 0 Å². The van der Waals surface area contributed by atoms with Crippen molar-refractivity contribution in [3.05, 3.63) is 11.3 Å². The molecule has 0 radical (unpaired) electrons. The van der Waals surface area contributed by atoms with Crippen LogP contribution in [0.15, 0.2) is 0 Å². The average molecular weight is 254 g/mol. The number of ether oxygens (including phenoxy) is 1. The van der Waals surface area contributed by atoms with Crippen molar-refractivity contribution in [2.75, 3.05) is 6.61 Å². The van der Waals surface area contributed by atoms with Gasteiger partial charge in [-0.15, -0.1) is 0 Å². The van der Waals surface area contributed by atoms with Crippen molar-refractivity contribution >= 4 is 6.29 Å². The normalized spacial score (nSPS) is 11.2. The third-order valence-electron chi connectivity index (χ3n) is 1.94. The summed E-state index contributed by atoms with van der Waals surface area (Å²) < 4.78 is 54.5. The molecule has 1 heterocycles. The Morgan fingerprint density at radius 1 is 1.41 bits per heavy atom. The fraction of sp³-hybridized carbons (Fsp3) is 0.556. The van der Waals surface area contributed by atoms with Crippen molar-refractivity contribution in [1.82, 2.24) is 9.78 Å². The summed E-state index contributed by atoms with van der Waals surface area (Å²) in [6.07, 6.45) is -5.59. The van der Waals surface area contributed by atoms with E-state index in [-0.39, 0.29) is 18.7 Å². The second-order valence-electron chi connectivity index (χ2n) is 3.04. The molecular formula is C9H10F4N2O2. The second-order valence-corrected chi connectivity index (χ2v) is 3.04. The summed E-state index contributed by atoms with van der Waals surface area (Å²) >= 11 is 0. The Balaban J connectivity index is 3.10. The van der Waals surface area contributed by atoms with E-state index >= 15 is 0 Å². The molecule has 0 saturated carbocycles. The van der Waals surface area contributed by atoms with E-state index in [1.807, 2.05) is 0 Å². The highest BCUT2D eigenvalue weighted by atomic mass is 19.3. The van der Waals surface area contributed by atoms with Gasteiger partial charge in [-0.2, -0.15) is 5.10 Å². The zero-order chi connectivity index (χ0) is 13.0. The number of halogens is 4. The predicted molar refractivity (Wildman–Crippen MR) is 49.7 cm³/mol. The minimum Gasteiger partial charge on any atom is -0.471 e. The lowest BCUT2D eigenvalue weighted by molar-refractivity contribution is 0.0759. The minimum absolute atomic E-state index is 0.126. The summed E-state index contributed by atoms with van der Waals surface area (Å²) in [6, 6.07) is 0. The molecule has 17 heavy (non-hydrogen) atoms. The van der Waals surface area contributed by atoms with Gasteiger partial charge in [-0.3, -0.25) is 4.79 Å². The molecule has 0 aromatic carbocycles. The number of hydrogen-bond acceptors (Lipinski definition) is 3. The topological polar surface area (TPSA) is 44.1 Å². The van der Waals surface area contributed by atoms with Gasteiger partial charge in [0.2, 0.25) is 5.88 Å². The van der Waals surface area contributed by atoms with E-state index in [2.05, 4.69) is 9.84 Å². The van der Waals surface area contributed by atoms with Crippen molar-refractivity contribution in [3.63, 3.8) is 0 Å². The number of alkyl halides is 4. The number of hydrogen-bond donors (Lipinski definition) is 0. The van der Waals surface area contributed by atoms with Crippen molar-refractivity contribution < 1.29 is 27.1 Å². The first-order valence-electron chi connectivity index (χ1n) is 4.76. The van der Waals surface area contributed by atoms with Crippen LogP contribution in [-0.4, -0.2) is 29.1 Å². The summed E-state index contributed by atoms with van der Waals surface area (Å²) in [7, 11) is 0. The lowest BCUT2D eigenvalue weighted by Gasteiger charge is -2.07. The first kappa shape index (κ1) is 13.5. The van der Waals surface area contributed by atoms with Gasteiger partial charge in [-0.25, -0.2) is 22.2 Å². The molecule has 0 unspecified atom stereocenters. The summed E-state index contributed by atoms with van der Waals surface area (Å²) in [6.45, 7) is 0.716. The van der Waals surface area contributed by atoms with Crippen LogP contribution in [0.5, 0.6) is 5.88 Å². The number of aldehydes is 1. The Kier molecular flexibility index (Phi) is 4.47. The average Bonchev–Trinajstić information content (AvgIpc) is 2.63. The van der Waals surface area contributed by atoms with Crippen molar-refractivity contribution in [1.29, 1.82) is 0 Å². The van der Waals surface area contributed by atoms with Gasteiger partial charge >= 0.3 is 0 Å². The molecule has 1 aromatic rings. The van der Waals surface area contributed by atoms with E-state index < -0.39 is 30.7 Å². The van der Waals surface area contributed by atoms with Gasteiger partial charge in [0.05, 0.1) is 0 Å². The summed E-state index contributed by atoms with van der Waals surface area (Å²) in [5, 5.41) is 3.44. The third-order valence-corrected chi connectivity index (χ3v) is 1.94. The van der Waals surface area contributed by atoms with E-state index in [1.54, 1.807) is 6.92 Å². The highest BCUT2D eigenvalue weighted by Crippen LogP contribution is 2.28. The fourth-order valence-electron chi connectivity index (χ4n) is 1.26. The van der Waals surface area contributed by atoms with Crippen LogP contribution >= 0.6 is 0 Å². The smallest absolute Gasteiger partial charge is 0.283 e. The van der Waals surface area contributed by atoms with Crippen LogP contribution in [0, 0.1) is 0 Å². The molecule has 0 aliphatic carbocycles. The highest BCUT2D eigenvalue weighted by Gasteiger charge is 2.25. The molecule has 1 aromatic heterocycles. The number of carbonyl (C=O) groups excluding carboxylic acids is 1. The first-order chi connectivity index (χ1) is 8.01. The molecule has 0 fully saturated rings. The number of nitrogens with zero attached hydrogens (tertiary/aromatic N) is 2. The molecule has 0 saturated heterocycles. The molecule has 4 nitrogen and oxygen atoms in total. The molecule has 8 heteroatoms. The maximum atomic E-state index is 12.5. The zero-order valence-corrected chi connectivity index (χ0v) is 8.87. The van der Waals surface area contributed by atoms with Crippen LogP contribution in [0.3, 0.4) is 0 Å². The lowest BCUT2D eigenvalue weighted by Crippen LogP contribution is -2.11. The quantitative estimate of drug-likeness (QED) is 0.578. The Morgan fingerprint density at radius 2 is 2.06 bits per heavy atom.